The Morgan fingerprint density at radius 3 is 2.45 bits per heavy atom. The van der Waals surface area contributed by atoms with Crippen LogP contribution in [0.2, 0.25) is 0 Å². The number of likely N-dealkylation sites (N-methyl/N-ethyl adjacent to an activating group) is 1. The highest BCUT2D eigenvalue weighted by molar-refractivity contribution is 5.94. The molecule has 1 aliphatic heterocycles. The van der Waals surface area contributed by atoms with E-state index in [4.69, 9.17) is 4.98 Å². The van der Waals surface area contributed by atoms with Gasteiger partial charge in [-0.2, -0.15) is 0 Å². The van der Waals surface area contributed by atoms with Crippen LogP contribution in [0.15, 0.2) is 78.9 Å². The minimum absolute atomic E-state index is 0.00921. The van der Waals surface area contributed by atoms with Crippen molar-refractivity contribution in [3.8, 4) is 0 Å². The van der Waals surface area contributed by atoms with Crippen molar-refractivity contribution in [3.05, 3.63) is 95.8 Å². The first-order valence-electron chi connectivity index (χ1n) is 15.5. The monoisotopic (exact) mass is 569 g/mol. The van der Waals surface area contributed by atoms with Gasteiger partial charge in [-0.3, -0.25) is 4.79 Å². The highest BCUT2D eigenvalue weighted by atomic mass is 19.1. The van der Waals surface area contributed by atoms with Crippen molar-refractivity contribution in [3.63, 3.8) is 0 Å². The molecule has 1 atom stereocenters. The molecule has 6 nitrogen and oxygen atoms in total. The molecule has 0 spiro atoms. The summed E-state index contributed by atoms with van der Waals surface area (Å²) in [7, 11) is 1.86. The van der Waals surface area contributed by atoms with Crippen LogP contribution in [-0.2, 0) is 6.54 Å². The highest BCUT2D eigenvalue weighted by Gasteiger charge is 2.23. The smallest absolute Gasteiger partial charge is 0.253 e. The minimum Gasteiger partial charge on any atom is -0.341 e. The number of rotatable bonds is 12. The van der Waals surface area contributed by atoms with Gasteiger partial charge >= 0.3 is 0 Å². The highest BCUT2D eigenvalue weighted by Crippen LogP contribution is 2.26. The maximum absolute atomic E-state index is 13.8. The van der Waals surface area contributed by atoms with E-state index in [1.165, 1.54) is 30.5 Å². The van der Waals surface area contributed by atoms with Crippen LogP contribution in [0, 0.1) is 5.82 Å². The fourth-order valence-electron chi connectivity index (χ4n) is 6.09. The van der Waals surface area contributed by atoms with E-state index in [1.807, 2.05) is 49.5 Å². The Morgan fingerprint density at radius 2 is 1.67 bits per heavy atom. The number of carbonyl (C=O) groups excluding carboxylic acids is 1. The molecule has 0 radical (unpaired) electrons. The molecular formula is C35H44FN5O. The first-order valence-corrected chi connectivity index (χ1v) is 15.5. The number of para-hydroxylation sites is 2. The summed E-state index contributed by atoms with van der Waals surface area (Å²) in [5.41, 5.74) is 4.05. The number of benzene rings is 3. The number of imidazole rings is 1. The molecule has 1 aromatic heterocycles. The number of halogens is 1. The first kappa shape index (κ1) is 29.8. The molecular weight excluding hydrogens is 525 g/mol. The van der Waals surface area contributed by atoms with E-state index in [2.05, 4.69) is 45.6 Å². The summed E-state index contributed by atoms with van der Waals surface area (Å²) in [5, 5.41) is 0. The van der Waals surface area contributed by atoms with Gasteiger partial charge in [0.05, 0.1) is 11.0 Å². The third-order valence-electron chi connectivity index (χ3n) is 8.49. The number of hydrogen-bond donors (Lipinski definition) is 0. The molecule has 0 saturated carbocycles. The van der Waals surface area contributed by atoms with Gasteiger partial charge in [0.15, 0.2) is 0 Å². The number of aromatic nitrogens is 2. The Hall–Kier alpha value is -3.71. The van der Waals surface area contributed by atoms with Gasteiger partial charge in [-0.15, -0.1) is 0 Å². The molecule has 1 aliphatic rings. The number of amides is 1. The molecule has 2 heterocycles. The van der Waals surface area contributed by atoms with Gasteiger partial charge in [0, 0.05) is 51.3 Å². The summed E-state index contributed by atoms with van der Waals surface area (Å²) in [6, 6.07) is 24.7. The number of nitrogens with zero attached hydrogens (tertiary/aromatic N) is 5. The van der Waals surface area contributed by atoms with Crippen LogP contribution in [0.5, 0.6) is 0 Å². The maximum atomic E-state index is 13.8. The number of anilines is 1. The van der Waals surface area contributed by atoms with Gasteiger partial charge in [-0.05, 0) is 74.3 Å². The molecule has 3 aromatic carbocycles. The van der Waals surface area contributed by atoms with Crippen LogP contribution >= 0.6 is 0 Å². The van der Waals surface area contributed by atoms with Crippen LogP contribution in [0.4, 0.5) is 10.3 Å². The van der Waals surface area contributed by atoms with Crippen molar-refractivity contribution in [2.75, 3.05) is 51.2 Å². The first-order chi connectivity index (χ1) is 20.5. The molecule has 7 heteroatoms. The lowest BCUT2D eigenvalue weighted by Crippen LogP contribution is -2.35. The fourth-order valence-corrected chi connectivity index (χ4v) is 6.09. The maximum Gasteiger partial charge on any atom is 0.253 e. The SMILES string of the molecule is CCCCCn1c(N2CCCN(CCC(CN(C)C(=O)c3ccccc3)c3ccc(F)cc3)CC2)nc2ccccc21. The summed E-state index contributed by atoms with van der Waals surface area (Å²) < 4.78 is 16.2. The quantitative estimate of drug-likeness (QED) is 0.176. The van der Waals surface area contributed by atoms with Crippen LogP contribution < -0.4 is 4.90 Å². The van der Waals surface area contributed by atoms with Crippen LogP contribution in [-0.4, -0.2) is 71.6 Å². The predicted octanol–water partition coefficient (Wildman–Crippen LogP) is 6.82. The number of carbonyl (C=O) groups is 1. The summed E-state index contributed by atoms with van der Waals surface area (Å²) in [6.45, 7) is 8.68. The third-order valence-corrected chi connectivity index (χ3v) is 8.49. The second kappa shape index (κ2) is 14.5. The molecule has 4 aromatic rings. The summed E-state index contributed by atoms with van der Waals surface area (Å²) >= 11 is 0. The largest absolute Gasteiger partial charge is 0.341 e. The van der Waals surface area contributed by atoms with Crippen molar-refractivity contribution in [1.82, 2.24) is 19.4 Å². The third kappa shape index (κ3) is 7.37. The van der Waals surface area contributed by atoms with Gasteiger partial charge in [-0.25, -0.2) is 9.37 Å². The van der Waals surface area contributed by atoms with Gasteiger partial charge in [0.25, 0.3) is 5.91 Å². The Labute approximate surface area is 249 Å². The van der Waals surface area contributed by atoms with E-state index >= 15 is 0 Å². The van der Waals surface area contributed by atoms with E-state index in [0.29, 0.717) is 12.1 Å². The van der Waals surface area contributed by atoms with Crippen molar-refractivity contribution in [1.29, 1.82) is 0 Å². The standard InChI is InChI=1S/C35H44FN5O/c1-3-4-10-23-41-33-15-9-8-14-32(33)37-35(41)40-22-11-21-39(25-26-40)24-20-30(28-16-18-31(36)19-17-28)27-38(2)34(42)29-12-6-5-7-13-29/h5-9,12-19,30H,3-4,10-11,20-27H2,1-2H3. The van der Waals surface area contributed by atoms with E-state index in [9.17, 15) is 9.18 Å². The average Bonchev–Trinajstić information content (AvgIpc) is 3.21. The number of hydrogen-bond acceptors (Lipinski definition) is 4. The molecule has 0 bridgehead atoms. The molecule has 1 amide bonds. The fraction of sp³-hybridized carbons (Fsp3) is 0.429. The van der Waals surface area contributed by atoms with E-state index < -0.39 is 0 Å². The zero-order valence-electron chi connectivity index (χ0n) is 25.1. The molecule has 0 aliphatic carbocycles. The van der Waals surface area contributed by atoms with E-state index in [0.717, 1.165) is 75.6 Å². The minimum atomic E-state index is -0.237. The van der Waals surface area contributed by atoms with Crippen molar-refractivity contribution in [2.24, 2.45) is 0 Å². The van der Waals surface area contributed by atoms with Gasteiger partial charge < -0.3 is 19.3 Å². The molecule has 42 heavy (non-hydrogen) atoms. The van der Waals surface area contributed by atoms with Gasteiger partial charge in [0.1, 0.15) is 5.82 Å². The number of aryl methyl sites for hydroxylation is 1. The zero-order valence-corrected chi connectivity index (χ0v) is 25.1. The summed E-state index contributed by atoms with van der Waals surface area (Å²) in [6.07, 6.45) is 5.56. The zero-order chi connectivity index (χ0) is 29.3. The lowest BCUT2D eigenvalue weighted by atomic mass is 9.94. The topological polar surface area (TPSA) is 44.6 Å². The normalized spacial score (nSPS) is 15.1. The second-order valence-electron chi connectivity index (χ2n) is 11.5. The Bertz CT molecular complexity index is 1420. The average molecular weight is 570 g/mol. The van der Waals surface area contributed by atoms with Crippen molar-refractivity contribution >= 4 is 22.9 Å². The van der Waals surface area contributed by atoms with Crippen molar-refractivity contribution < 1.29 is 9.18 Å². The van der Waals surface area contributed by atoms with Gasteiger partial charge in [0.2, 0.25) is 5.95 Å². The number of unbranched alkanes of at least 4 members (excludes halogenated alkanes) is 2. The van der Waals surface area contributed by atoms with Crippen LogP contribution in [0.25, 0.3) is 11.0 Å². The summed E-state index contributed by atoms with van der Waals surface area (Å²) in [4.78, 5) is 25.0. The second-order valence-corrected chi connectivity index (χ2v) is 11.5. The van der Waals surface area contributed by atoms with Crippen LogP contribution in [0.3, 0.4) is 0 Å². The molecule has 0 N–H and O–H groups in total. The molecule has 222 valence electrons. The lowest BCUT2D eigenvalue weighted by Gasteiger charge is -2.28. The van der Waals surface area contributed by atoms with E-state index in [-0.39, 0.29) is 17.6 Å². The van der Waals surface area contributed by atoms with Gasteiger partial charge in [-0.1, -0.05) is 62.2 Å². The molecule has 5 rings (SSSR count). The predicted molar refractivity (Wildman–Crippen MR) is 170 cm³/mol. The number of fused-ring (bicyclic) bond motifs is 1. The molecule has 1 saturated heterocycles. The van der Waals surface area contributed by atoms with Crippen LogP contribution in [0.1, 0.15) is 60.9 Å². The summed E-state index contributed by atoms with van der Waals surface area (Å²) in [5.74, 6) is 0.985. The molecule has 1 unspecified atom stereocenters. The lowest BCUT2D eigenvalue weighted by molar-refractivity contribution is 0.0782. The van der Waals surface area contributed by atoms with Crippen molar-refractivity contribution in [2.45, 2.75) is 51.5 Å². The molecule has 1 fully saturated rings. The Kier molecular flexibility index (Phi) is 10.2. The Balaban J connectivity index is 1.25. The van der Waals surface area contributed by atoms with E-state index in [1.54, 1.807) is 4.90 Å². The Morgan fingerprint density at radius 1 is 0.905 bits per heavy atom.